The SMILES string of the molecule is C=CC(/C=C/c1ccc(C(=C(c2ccc(N(CCCC)CCCC)cc2)c2ccc(N(CCCC)CCCC)cc2)c2ccc(/C=C/c3ccncc3)cc2)cc1)=C\C=NC. The minimum atomic E-state index is 1.01. The second-order valence-corrected chi connectivity index (χ2v) is 15.7. The van der Waals surface area contributed by atoms with E-state index < -0.39 is 0 Å². The average molecular weight is 809 g/mol. The molecule has 0 radical (unpaired) electrons. The van der Waals surface area contributed by atoms with E-state index in [-0.39, 0.29) is 0 Å². The van der Waals surface area contributed by atoms with Crippen molar-refractivity contribution in [2.45, 2.75) is 79.1 Å². The van der Waals surface area contributed by atoms with Crippen molar-refractivity contribution in [1.29, 1.82) is 0 Å². The third kappa shape index (κ3) is 14.0. The summed E-state index contributed by atoms with van der Waals surface area (Å²) < 4.78 is 0. The third-order valence-electron chi connectivity index (χ3n) is 11.1. The highest BCUT2D eigenvalue weighted by molar-refractivity contribution is 6.05. The number of rotatable bonds is 24. The lowest BCUT2D eigenvalue weighted by Crippen LogP contribution is -2.25. The van der Waals surface area contributed by atoms with Crippen molar-refractivity contribution in [2.75, 3.05) is 43.0 Å². The van der Waals surface area contributed by atoms with Crippen molar-refractivity contribution < 1.29 is 0 Å². The van der Waals surface area contributed by atoms with Crippen molar-refractivity contribution >= 4 is 47.0 Å². The molecule has 0 atom stereocenters. The summed E-state index contributed by atoms with van der Waals surface area (Å²) in [5.41, 5.74) is 14.2. The smallest absolute Gasteiger partial charge is 0.0366 e. The molecule has 0 unspecified atom stereocenters. The summed E-state index contributed by atoms with van der Waals surface area (Å²) in [6.45, 7) is 17.4. The number of unbranched alkanes of at least 4 members (excludes halogenated alkanes) is 4. The highest BCUT2D eigenvalue weighted by atomic mass is 15.1. The summed E-state index contributed by atoms with van der Waals surface area (Å²) in [5.74, 6) is 0. The normalized spacial score (nSPS) is 11.8. The zero-order chi connectivity index (χ0) is 43.1. The maximum Gasteiger partial charge on any atom is 0.0366 e. The number of nitrogens with zero attached hydrogens (tertiary/aromatic N) is 4. The summed E-state index contributed by atoms with van der Waals surface area (Å²) in [6.07, 6.45) is 27.3. The molecule has 0 amide bonds. The number of aliphatic imine (C=N–C) groups is 1. The molecule has 0 aliphatic carbocycles. The number of hydrogen-bond donors (Lipinski definition) is 0. The predicted molar refractivity (Wildman–Crippen MR) is 270 cm³/mol. The molecule has 0 saturated heterocycles. The number of hydrogen-bond acceptors (Lipinski definition) is 4. The molecule has 5 rings (SSSR count). The van der Waals surface area contributed by atoms with Crippen LogP contribution < -0.4 is 9.80 Å². The van der Waals surface area contributed by atoms with E-state index in [1.54, 1.807) is 13.3 Å². The Bertz CT molecular complexity index is 2110. The van der Waals surface area contributed by atoms with Gasteiger partial charge < -0.3 is 9.80 Å². The van der Waals surface area contributed by atoms with Gasteiger partial charge in [-0.3, -0.25) is 9.98 Å². The first kappa shape index (κ1) is 46.1. The monoisotopic (exact) mass is 809 g/mol. The molecular weight excluding hydrogens is 741 g/mol. The molecule has 0 bridgehead atoms. The van der Waals surface area contributed by atoms with Gasteiger partial charge in [0.2, 0.25) is 0 Å². The van der Waals surface area contributed by atoms with Crippen molar-refractivity contribution in [3.8, 4) is 0 Å². The molecule has 0 fully saturated rings. The molecule has 4 aromatic carbocycles. The van der Waals surface area contributed by atoms with E-state index in [2.05, 4.69) is 175 Å². The summed E-state index contributed by atoms with van der Waals surface area (Å²) >= 11 is 0. The Morgan fingerprint density at radius 2 is 0.869 bits per heavy atom. The van der Waals surface area contributed by atoms with Crippen molar-refractivity contribution in [3.05, 3.63) is 191 Å². The summed E-state index contributed by atoms with van der Waals surface area (Å²) in [7, 11) is 1.78. The van der Waals surface area contributed by atoms with Crippen LogP contribution in [0.4, 0.5) is 11.4 Å². The first-order chi connectivity index (χ1) is 30.0. The number of anilines is 2. The van der Waals surface area contributed by atoms with Gasteiger partial charge in [0.15, 0.2) is 0 Å². The van der Waals surface area contributed by atoms with E-state index in [4.69, 9.17) is 0 Å². The van der Waals surface area contributed by atoms with Gasteiger partial charge in [-0.2, -0.15) is 0 Å². The van der Waals surface area contributed by atoms with Crippen LogP contribution in [0, 0.1) is 0 Å². The fraction of sp³-hybridized carbons (Fsp3) is 0.298. The van der Waals surface area contributed by atoms with Crippen LogP contribution in [0.3, 0.4) is 0 Å². The maximum absolute atomic E-state index is 4.18. The maximum atomic E-state index is 4.18. The van der Waals surface area contributed by atoms with Gasteiger partial charge in [-0.15, -0.1) is 0 Å². The molecule has 0 N–H and O–H groups in total. The zero-order valence-corrected chi connectivity index (χ0v) is 37.6. The molecule has 5 aromatic rings. The molecule has 4 heteroatoms. The van der Waals surface area contributed by atoms with E-state index in [0.717, 1.165) is 54.0 Å². The van der Waals surface area contributed by atoms with Gasteiger partial charge in [0.25, 0.3) is 0 Å². The largest absolute Gasteiger partial charge is 0.372 e. The number of allylic oxidation sites excluding steroid dienone is 4. The fourth-order valence-electron chi connectivity index (χ4n) is 7.46. The lowest BCUT2D eigenvalue weighted by atomic mass is 9.85. The quantitative estimate of drug-likeness (QED) is 0.0353. The summed E-state index contributed by atoms with van der Waals surface area (Å²) in [5, 5.41) is 0. The Hall–Kier alpha value is -6.00. The van der Waals surface area contributed by atoms with Crippen LogP contribution in [0.1, 0.15) is 118 Å². The van der Waals surface area contributed by atoms with Crippen LogP contribution >= 0.6 is 0 Å². The molecule has 1 heterocycles. The molecule has 316 valence electrons. The zero-order valence-electron chi connectivity index (χ0n) is 37.6. The van der Waals surface area contributed by atoms with E-state index in [9.17, 15) is 0 Å². The second kappa shape index (κ2) is 25.6. The highest BCUT2D eigenvalue weighted by Gasteiger charge is 2.18. The first-order valence-corrected chi connectivity index (χ1v) is 22.7. The Balaban J connectivity index is 1.70. The predicted octanol–water partition coefficient (Wildman–Crippen LogP) is 14.9. The molecule has 4 nitrogen and oxygen atoms in total. The fourth-order valence-corrected chi connectivity index (χ4v) is 7.46. The Morgan fingerprint density at radius 1 is 0.508 bits per heavy atom. The Kier molecular flexibility index (Phi) is 19.3. The van der Waals surface area contributed by atoms with Gasteiger partial charge in [0.1, 0.15) is 0 Å². The molecule has 0 saturated carbocycles. The van der Waals surface area contributed by atoms with E-state index in [1.165, 1.54) is 90.6 Å². The lowest BCUT2D eigenvalue weighted by Gasteiger charge is -2.26. The van der Waals surface area contributed by atoms with Crippen molar-refractivity contribution in [3.63, 3.8) is 0 Å². The molecule has 61 heavy (non-hydrogen) atoms. The first-order valence-electron chi connectivity index (χ1n) is 22.7. The van der Waals surface area contributed by atoms with Crippen LogP contribution in [0.25, 0.3) is 29.4 Å². The Morgan fingerprint density at radius 3 is 1.23 bits per heavy atom. The van der Waals surface area contributed by atoms with Gasteiger partial charge in [-0.25, -0.2) is 0 Å². The van der Waals surface area contributed by atoms with E-state index in [0.29, 0.717) is 0 Å². The Labute approximate surface area is 368 Å². The van der Waals surface area contributed by atoms with Gasteiger partial charge in [-0.05, 0) is 124 Å². The summed E-state index contributed by atoms with van der Waals surface area (Å²) in [4.78, 5) is 13.4. The third-order valence-corrected chi connectivity index (χ3v) is 11.1. The second-order valence-electron chi connectivity index (χ2n) is 15.7. The standard InChI is InChI=1S/C57H68N4/c1-7-12-42-60(43-13-8-2)54-32-28-52(29-33-54)57(53-30-34-55(35-31-53)61(44-14-9-3)45-15-10-4)56(50-24-20-47(21-25-50)17-16-46(11-5)36-39-58-6)51-26-22-48(23-27-51)18-19-49-37-40-59-41-38-49/h11,16-41H,5,7-10,12-15,42-45H2,1-4,6H3/b17-16+,19-18+,46-36+,58-39?. The van der Waals surface area contributed by atoms with Crippen LogP contribution in [-0.2, 0) is 0 Å². The van der Waals surface area contributed by atoms with Crippen LogP contribution in [0.15, 0.2) is 157 Å². The van der Waals surface area contributed by atoms with Gasteiger partial charge >= 0.3 is 0 Å². The van der Waals surface area contributed by atoms with E-state index >= 15 is 0 Å². The van der Waals surface area contributed by atoms with Crippen LogP contribution in [-0.4, -0.2) is 44.4 Å². The molecule has 0 aliphatic heterocycles. The average Bonchev–Trinajstić information content (AvgIpc) is 3.31. The number of aromatic nitrogens is 1. The molecule has 1 aromatic heterocycles. The van der Waals surface area contributed by atoms with E-state index in [1.807, 2.05) is 36.7 Å². The van der Waals surface area contributed by atoms with Crippen LogP contribution in [0.5, 0.6) is 0 Å². The lowest BCUT2D eigenvalue weighted by molar-refractivity contribution is 0.678. The topological polar surface area (TPSA) is 31.7 Å². The van der Waals surface area contributed by atoms with Gasteiger partial charge in [-0.1, -0.05) is 163 Å². The molecule has 0 spiro atoms. The summed E-state index contributed by atoms with van der Waals surface area (Å²) in [6, 6.07) is 40.8. The van der Waals surface area contributed by atoms with Crippen LogP contribution in [0.2, 0.25) is 0 Å². The molecular formula is C57H68N4. The minimum absolute atomic E-state index is 1.01. The van der Waals surface area contributed by atoms with Crippen molar-refractivity contribution in [2.24, 2.45) is 4.99 Å². The highest BCUT2D eigenvalue weighted by Crippen LogP contribution is 2.39. The van der Waals surface area contributed by atoms with Crippen molar-refractivity contribution in [1.82, 2.24) is 4.98 Å². The van der Waals surface area contributed by atoms with Gasteiger partial charge in [0.05, 0.1) is 0 Å². The van der Waals surface area contributed by atoms with Gasteiger partial charge in [0, 0.05) is 63.2 Å². The number of pyridine rings is 1. The number of benzene rings is 4. The minimum Gasteiger partial charge on any atom is -0.372 e. The molecule has 0 aliphatic rings.